The summed E-state index contributed by atoms with van der Waals surface area (Å²) in [6.45, 7) is 8.28. The minimum atomic E-state index is -2.01. The molecule has 55 heavy (non-hydrogen) atoms. The number of nitrogens with zero attached hydrogens (tertiary/aromatic N) is 2. The van der Waals surface area contributed by atoms with E-state index in [4.69, 9.17) is 20.2 Å². The number of benzene rings is 2. The van der Waals surface area contributed by atoms with Gasteiger partial charge in [-0.3, -0.25) is 14.4 Å². The molecule has 14 nitrogen and oxygen atoms in total. The van der Waals surface area contributed by atoms with Gasteiger partial charge in [0, 0.05) is 28.3 Å². The van der Waals surface area contributed by atoms with Crippen molar-refractivity contribution >= 4 is 40.5 Å². The van der Waals surface area contributed by atoms with Gasteiger partial charge in [-0.05, 0) is 79.5 Å². The molecule has 3 aliphatic rings. The van der Waals surface area contributed by atoms with Gasteiger partial charge in [-0.25, -0.2) is 19.0 Å². The van der Waals surface area contributed by atoms with Crippen LogP contribution in [-0.2, 0) is 55.6 Å². The largest absolute Gasteiger partial charge is 0.458 e. The maximum absolute atomic E-state index is 15.3. The number of halogens is 1. The Balaban J connectivity index is 1.11. The molecule has 7 rings (SSSR count). The molecule has 2 aromatic carbocycles. The first kappa shape index (κ1) is 37.6. The number of ether oxygens (including phenoxy) is 2. The normalized spacial score (nSPS) is 19.1. The molecule has 6 N–H and O–H groups in total. The van der Waals surface area contributed by atoms with Crippen molar-refractivity contribution in [3.05, 3.63) is 91.5 Å². The summed E-state index contributed by atoms with van der Waals surface area (Å²) in [5, 5.41) is 20.3. The van der Waals surface area contributed by atoms with E-state index in [0.717, 1.165) is 5.56 Å². The molecule has 4 aromatic rings. The Morgan fingerprint density at radius 1 is 1.11 bits per heavy atom. The SMILES string of the molecule is CC[C@@]1(O)C(=O)OCc2c1cc1n(c2=O)Cc2c-1nc1cc(F)c(C)c3c1c2[C@@H](NC(=O)OCc1ccc(NC(=O)[C@@H](C)NC(=O)[C@H](N)C(C)C)cc1)CC3. The molecule has 2 aliphatic heterocycles. The molecule has 2 aromatic heterocycles. The van der Waals surface area contributed by atoms with Gasteiger partial charge in [0.05, 0.1) is 41.1 Å². The molecule has 0 saturated carbocycles. The average molecular weight is 755 g/mol. The van der Waals surface area contributed by atoms with Crippen LogP contribution >= 0.6 is 0 Å². The number of carbonyl (C=O) groups is 4. The zero-order chi connectivity index (χ0) is 39.5. The fraction of sp³-hybridized carbons (Fsp3) is 0.400. The number of hydrogen-bond donors (Lipinski definition) is 5. The van der Waals surface area contributed by atoms with Gasteiger partial charge < -0.3 is 40.8 Å². The molecule has 4 heterocycles. The van der Waals surface area contributed by atoms with E-state index in [0.29, 0.717) is 63.1 Å². The number of nitrogens with two attached hydrogens (primary N) is 1. The molecule has 0 saturated heterocycles. The minimum absolute atomic E-state index is 0.0115. The molecule has 0 bridgehead atoms. The number of fused-ring (bicyclic) bond motifs is 5. The van der Waals surface area contributed by atoms with Crippen LogP contribution < -0.4 is 27.2 Å². The van der Waals surface area contributed by atoms with Crippen LogP contribution in [-0.4, -0.2) is 50.6 Å². The maximum atomic E-state index is 15.3. The van der Waals surface area contributed by atoms with Crippen molar-refractivity contribution in [2.24, 2.45) is 11.7 Å². The minimum Gasteiger partial charge on any atom is -0.458 e. The number of hydrogen-bond acceptors (Lipinski definition) is 10. The molecule has 0 spiro atoms. The smallest absolute Gasteiger partial charge is 0.407 e. The number of rotatable bonds is 9. The Hall–Kier alpha value is -5.67. The Morgan fingerprint density at radius 3 is 2.53 bits per heavy atom. The lowest BCUT2D eigenvalue weighted by molar-refractivity contribution is -0.172. The number of aromatic nitrogens is 2. The maximum Gasteiger partial charge on any atom is 0.407 e. The number of anilines is 1. The number of alkyl carbamates (subject to hydrolysis) is 1. The molecular weight excluding hydrogens is 711 g/mol. The first-order valence-electron chi connectivity index (χ1n) is 18.3. The van der Waals surface area contributed by atoms with Gasteiger partial charge in [-0.15, -0.1) is 0 Å². The van der Waals surface area contributed by atoms with E-state index in [9.17, 15) is 29.1 Å². The third-order valence-electron chi connectivity index (χ3n) is 11.0. The van der Waals surface area contributed by atoms with Crippen LogP contribution in [0.15, 0.2) is 41.2 Å². The quantitative estimate of drug-likeness (QED) is 0.138. The number of pyridine rings is 2. The number of aryl methyl sites for hydroxylation is 1. The fourth-order valence-electron chi connectivity index (χ4n) is 7.64. The standard InChI is InChI=1S/C40H43FN6O8/c1-6-40(53)26-13-30-34-24(15-47(30)37(50)25(26)17-54-38(40)51)32-28(12-11-23-19(4)27(41)14-29(45-34)31(23)32)46-39(52)55-16-21-7-9-22(10-8-21)44-35(48)20(5)43-36(49)33(42)18(2)3/h7-10,13-14,18,20,28,33,53H,6,11-12,15-17,42H2,1-5H3,(H,43,49)(H,44,48)(H,46,52)/t20-,28+,33-,40+/m1/s1. The molecule has 0 fully saturated rings. The Morgan fingerprint density at radius 2 is 1.84 bits per heavy atom. The first-order valence-corrected chi connectivity index (χ1v) is 18.3. The van der Waals surface area contributed by atoms with Crippen LogP contribution in [0.2, 0.25) is 0 Å². The van der Waals surface area contributed by atoms with Gasteiger partial charge in [0.2, 0.25) is 11.8 Å². The highest BCUT2D eigenvalue weighted by atomic mass is 19.1. The lowest BCUT2D eigenvalue weighted by Crippen LogP contribution is -2.50. The molecule has 15 heteroatoms. The first-order chi connectivity index (χ1) is 26.1. The summed E-state index contributed by atoms with van der Waals surface area (Å²) in [6.07, 6.45) is 0.179. The van der Waals surface area contributed by atoms with Gasteiger partial charge in [-0.2, -0.15) is 0 Å². The number of carbonyl (C=O) groups excluding carboxylic acids is 4. The van der Waals surface area contributed by atoms with E-state index in [-0.39, 0.29) is 43.2 Å². The summed E-state index contributed by atoms with van der Waals surface area (Å²) in [7, 11) is 0. The Labute approximate surface area is 315 Å². The van der Waals surface area contributed by atoms with Gasteiger partial charge in [-0.1, -0.05) is 32.9 Å². The van der Waals surface area contributed by atoms with Crippen LogP contribution in [0.4, 0.5) is 14.9 Å². The van der Waals surface area contributed by atoms with Gasteiger partial charge in [0.15, 0.2) is 5.60 Å². The molecule has 1 aliphatic carbocycles. The van der Waals surface area contributed by atoms with Gasteiger partial charge >= 0.3 is 12.1 Å². The lowest BCUT2D eigenvalue weighted by Gasteiger charge is -2.31. The average Bonchev–Trinajstić information content (AvgIpc) is 3.53. The number of aliphatic hydroxyl groups is 1. The third-order valence-corrected chi connectivity index (χ3v) is 11.0. The molecule has 4 atom stereocenters. The van der Waals surface area contributed by atoms with E-state index in [1.165, 1.54) is 10.6 Å². The molecular formula is C40H43FN6O8. The lowest BCUT2D eigenvalue weighted by atomic mass is 9.81. The van der Waals surface area contributed by atoms with E-state index in [2.05, 4.69) is 16.0 Å². The Bertz CT molecular complexity index is 2340. The number of esters is 1. The van der Waals surface area contributed by atoms with Crippen molar-refractivity contribution in [3.63, 3.8) is 0 Å². The summed E-state index contributed by atoms with van der Waals surface area (Å²) in [4.78, 5) is 69.6. The van der Waals surface area contributed by atoms with Crippen molar-refractivity contribution < 1.29 is 38.1 Å². The van der Waals surface area contributed by atoms with Crippen LogP contribution in [0, 0.1) is 18.7 Å². The predicted molar refractivity (Wildman–Crippen MR) is 199 cm³/mol. The summed E-state index contributed by atoms with van der Waals surface area (Å²) in [5.74, 6) is -2.18. The van der Waals surface area contributed by atoms with E-state index >= 15 is 4.39 Å². The van der Waals surface area contributed by atoms with Crippen LogP contribution in [0.3, 0.4) is 0 Å². The van der Waals surface area contributed by atoms with Gasteiger partial charge in [0.1, 0.15) is 25.1 Å². The summed E-state index contributed by atoms with van der Waals surface area (Å²) >= 11 is 0. The highest BCUT2D eigenvalue weighted by molar-refractivity contribution is 5.97. The molecule has 0 unspecified atom stereocenters. The second-order valence-corrected chi connectivity index (χ2v) is 14.8. The van der Waals surface area contributed by atoms with Crippen molar-refractivity contribution in [3.8, 4) is 11.4 Å². The monoisotopic (exact) mass is 754 g/mol. The van der Waals surface area contributed by atoms with Crippen LogP contribution in [0.5, 0.6) is 0 Å². The number of nitrogens with one attached hydrogen (secondary N) is 3. The third kappa shape index (κ3) is 6.50. The highest BCUT2D eigenvalue weighted by Gasteiger charge is 2.46. The summed E-state index contributed by atoms with van der Waals surface area (Å²) in [5.41, 5.74) is 8.70. The van der Waals surface area contributed by atoms with Crippen molar-refractivity contribution in [2.45, 2.75) is 97.4 Å². The van der Waals surface area contributed by atoms with E-state index in [1.807, 2.05) is 13.8 Å². The zero-order valence-electron chi connectivity index (χ0n) is 31.2. The van der Waals surface area contributed by atoms with Crippen LogP contribution in [0.1, 0.15) is 85.5 Å². The second-order valence-electron chi connectivity index (χ2n) is 14.8. The predicted octanol–water partition coefficient (Wildman–Crippen LogP) is 3.87. The van der Waals surface area contributed by atoms with Crippen molar-refractivity contribution in [1.29, 1.82) is 0 Å². The number of amides is 3. The van der Waals surface area contributed by atoms with E-state index < -0.39 is 59.0 Å². The number of cyclic esters (lactones) is 1. The summed E-state index contributed by atoms with van der Waals surface area (Å²) in [6, 6.07) is 7.52. The molecule has 0 radical (unpaired) electrons. The van der Waals surface area contributed by atoms with E-state index in [1.54, 1.807) is 51.1 Å². The summed E-state index contributed by atoms with van der Waals surface area (Å²) < 4.78 is 27.6. The second kappa shape index (κ2) is 14.2. The molecule has 3 amide bonds. The highest BCUT2D eigenvalue weighted by Crippen LogP contribution is 2.46. The van der Waals surface area contributed by atoms with Crippen molar-refractivity contribution in [1.82, 2.24) is 20.2 Å². The zero-order valence-corrected chi connectivity index (χ0v) is 31.2. The molecule has 288 valence electrons. The van der Waals surface area contributed by atoms with Crippen molar-refractivity contribution in [2.75, 3.05) is 5.32 Å². The topological polar surface area (TPSA) is 204 Å². The fourth-order valence-corrected chi connectivity index (χ4v) is 7.64. The Kier molecular flexibility index (Phi) is 9.71. The van der Waals surface area contributed by atoms with Gasteiger partial charge in [0.25, 0.3) is 5.56 Å². The van der Waals surface area contributed by atoms with Crippen LogP contribution in [0.25, 0.3) is 22.3 Å².